The van der Waals surface area contributed by atoms with Crippen LogP contribution >= 0.6 is 0 Å². The third kappa shape index (κ3) is 1.69. The van der Waals surface area contributed by atoms with Gasteiger partial charge in [-0.3, -0.25) is 0 Å². The highest BCUT2D eigenvalue weighted by atomic mass is 14.3. The van der Waals surface area contributed by atoms with E-state index in [2.05, 4.69) is 38.0 Å². The van der Waals surface area contributed by atoms with Gasteiger partial charge < -0.3 is 0 Å². The van der Waals surface area contributed by atoms with Crippen LogP contribution in [-0.4, -0.2) is 0 Å². The number of hydrogen-bond donors (Lipinski definition) is 0. The molecular weight excluding hydrogens is 144 g/mol. The van der Waals surface area contributed by atoms with Gasteiger partial charge in [-0.25, -0.2) is 0 Å². The Hall–Kier alpha value is -0.780. The minimum atomic E-state index is 0.222. The third-order valence-corrected chi connectivity index (χ3v) is 3.11. The molecule has 1 aliphatic carbocycles. The van der Waals surface area contributed by atoms with Crippen molar-refractivity contribution in [2.45, 2.75) is 25.7 Å². The van der Waals surface area contributed by atoms with E-state index < -0.39 is 0 Å². The quantitative estimate of drug-likeness (QED) is 0.555. The lowest BCUT2D eigenvalue weighted by molar-refractivity contribution is 0.283. The van der Waals surface area contributed by atoms with Crippen molar-refractivity contribution in [1.29, 1.82) is 0 Å². The highest BCUT2D eigenvalue weighted by Crippen LogP contribution is 2.40. The first kappa shape index (κ1) is 9.31. The van der Waals surface area contributed by atoms with Gasteiger partial charge in [-0.2, -0.15) is 0 Å². The second kappa shape index (κ2) is 3.75. The molecule has 0 heteroatoms. The molecule has 66 valence electrons. The Morgan fingerprint density at radius 2 is 1.50 bits per heavy atom. The van der Waals surface area contributed by atoms with Crippen LogP contribution in [0.2, 0.25) is 0 Å². The van der Waals surface area contributed by atoms with Crippen LogP contribution in [0.4, 0.5) is 0 Å². The van der Waals surface area contributed by atoms with E-state index >= 15 is 0 Å². The lowest BCUT2D eigenvalue weighted by atomic mass is 9.71. The molecule has 12 heavy (non-hydrogen) atoms. The van der Waals surface area contributed by atoms with Gasteiger partial charge in [0.15, 0.2) is 0 Å². The van der Waals surface area contributed by atoms with E-state index in [0.29, 0.717) is 0 Å². The molecule has 0 bridgehead atoms. The molecule has 0 heterocycles. The summed E-state index contributed by atoms with van der Waals surface area (Å²) in [6, 6.07) is 0. The van der Waals surface area contributed by atoms with Crippen molar-refractivity contribution in [1.82, 2.24) is 0 Å². The van der Waals surface area contributed by atoms with E-state index in [4.69, 9.17) is 0 Å². The number of rotatable bonds is 3. The normalized spacial score (nSPS) is 23.0. The smallest absolute Gasteiger partial charge is 0.00561 e. The van der Waals surface area contributed by atoms with E-state index in [0.717, 1.165) is 5.92 Å². The van der Waals surface area contributed by atoms with E-state index in [1.165, 1.54) is 25.7 Å². The molecule has 0 unspecified atom stereocenters. The van der Waals surface area contributed by atoms with Crippen LogP contribution in [0.25, 0.3) is 0 Å². The molecule has 0 aromatic heterocycles. The first-order valence-electron chi connectivity index (χ1n) is 4.66. The Labute approximate surface area is 75.7 Å². The van der Waals surface area contributed by atoms with Gasteiger partial charge in [-0.1, -0.05) is 18.2 Å². The van der Waals surface area contributed by atoms with Gasteiger partial charge in [0.2, 0.25) is 0 Å². The standard InChI is InChI=1S/C12H18/c1-4-11-7-9-12(5-2,6-3)10-8-11/h4-6,11H,1-3,7-10H2. The summed E-state index contributed by atoms with van der Waals surface area (Å²) >= 11 is 0. The van der Waals surface area contributed by atoms with Crippen LogP contribution in [-0.2, 0) is 0 Å². The average Bonchev–Trinajstić information content (AvgIpc) is 2.18. The van der Waals surface area contributed by atoms with E-state index in [-0.39, 0.29) is 5.41 Å². The molecule has 1 aliphatic rings. The summed E-state index contributed by atoms with van der Waals surface area (Å²) in [5, 5.41) is 0. The highest BCUT2D eigenvalue weighted by molar-refractivity contribution is 5.09. The van der Waals surface area contributed by atoms with Gasteiger partial charge in [0.05, 0.1) is 0 Å². The van der Waals surface area contributed by atoms with Crippen LogP contribution in [0.1, 0.15) is 25.7 Å². The lowest BCUT2D eigenvalue weighted by Gasteiger charge is -2.34. The molecule has 0 aliphatic heterocycles. The van der Waals surface area contributed by atoms with Crippen molar-refractivity contribution in [3.05, 3.63) is 38.0 Å². The zero-order valence-corrected chi connectivity index (χ0v) is 7.76. The molecule has 1 fully saturated rings. The molecule has 0 aromatic carbocycles. The summed E-state index contributed by atoms with van der Waals surface area (Å²) in [6.07, 6.45) is 11.0. The Balaban J connectivity index is 2.58. The second-order valence-corrected chi connectivity index (χ2v) is 3.71. The van der Waals surface area contributed by atoms with Crippen molar-refractivity contribution >= 4 is 0 Å². The molecule has 0 nitrogen and oxygen atoms in total. The van der Waals surface area contributed by atoms with Crippen LogP contribution in [0, 0.1) is 11.3 Å². The van der Waals surface area contributed by atoms with Crippen molar-refractivity contribution in [3.8, 4) is 0 Å². The summed E-state index contributed by atoms with van der Waals surface area (Å²) < 4.78 is 0. The monoisotopic (exact) mass is 162 g/mol. The van der Waals surface area contributed by atoms with Crippen molar-refractivity contribution in [2.24, 2.45) is 11.3 Å². The molecular formula is C12H18. The fourth-order valence-electron chi connectivity index (χ4n) is 1.90. The predicted molar refractivity (Wildman–Crippen MR) is 55.0 cm³/mol. The van der Waals surface area contributed by atoms with Gasteiger partial charge in [0.25, 0.3) is 0 Å². The highest BCUT2D eigenvalue weighted by Gasteiger charge is 2.28. The maximum atomic E-state index is 3.88. The Morgan fingerprint density at radius 3 is 1.83 bits per heavy atom. The van der Waals surface area contributed by atoms with E-state index in [1.54, 1.807) is 0 Å². The van der Waals surface area contributed by atoms with Gasteiger partial charge in [-0.05, 0) is 31.6 Å². The summed E-state index contributed by atoms with van der Waals surface area (Å²) in [6.45, 7) is 11.6. The SMILES string of the molecule is C=CC1CCC(C=C)(C=C)CC1. The zero-order chi connectivity index (χ0) is 9.03. The first-order valence-corrected chi connectivity index (χ1v) is 4.66. The maximum absolute atomic E-state index is 3.88. The van der Waals surface area contributed by atoms with Crippen molar-refractivity contribution < 1.29 is 0 Å². The van der Waals surface area contributed by atoms with Crippen LogP contribution in [0.5, 0.6) is 0 Å². The Morgan fingerprint density at radius 1 is 1.00 bits per heavy atom. The fourth-order valence-corrected chi connectivity index (χ4v) is 1.90. The number of hydrogen-bond acceptors (Lipinski definition) is 0. The summed E-state index contributed by atoms with van der Waals surface area (Å²) in [5.74, 6) is 0.720. The topological polar surface area (TPSA) is 0 Å². The third-order valence-electron chi connectivity index (χ3n) is 3.11. The molecule has 1 saturated carbocycles. The van der Waals surface area contributed by atoms with E-state index in [1.807, 2.05) is 0 Å². The van der Waals surface area contributed by atoms with Crippen LogP contribution < -0.4 is 0 Å². The molecule has 0 N–H and O–H groups in total. The summed E-state index contributed by atoms with van der Waals surface area (Å²) in [5.41, 5.74) is 0.222. The number of allylic oxidation sites excluding steroid dienone is 3. The lowest BCUT2D eigenvalue weighted by Crippen LogP contribution is -2.22. The van der Waals surface area contributed by atoms with Crippen molar-refractivity contribution in [3.63, 3.8) is 0 Å². The average molecular weight is 162 g/mol. The first-order chi connectivity index (χ1) is 5.76. The Bertz CT molecular complexity index is 170. The molecule has 0 amide bonds. The second-order valence-electron chi connectivity index (χ2n) is 3.71. The van der Waals surface area contributed by atoms with Gasteiger partial charge in [0, 0.05) is 5.41 Å². The largest absolute Gasteiger partial charge is 0.103 e. The molecule has 0 atom stereocenters. The Kier molecular flexibility index (Phi) is 2.91. The fraction of sp³-hybridized carbons (Fsp3) is 0.500. The predicted octanol–water partition coefficient (Wildman–Crippen LogP) is 3.72. The minimum absolute atomic E-state index is 0.222. The van der Waals surface area contributed by atoms with Gasteiger partial charge in [-0.15, -0.1) is 19.7 Å². The van der Waals surface area contributed by atoms with Crippen molar-refractivity contribution in [2.75, 3.05) is 0 Å². The van der Waals surface area contributed by atoms with Crippen LogP contribution in [0.15, 0.2) is 38.0 Å². The summed E-state index contributed by atoms with van der Waals surface area (Å²) in [7, 11) is 0. The van der Waals surface area contributed by atoms with Crippen LogP contribution in [0.3, 0.4) is 0 Å². The molecule has 1 rings (SSSR count). The van der Waals surface area contributed by atoms with E-state index in [9.17, 15) is 0 Å². The molecule has 0 aromatic rings. The summed E-state index contributed by atoms with van der Waals surface area (Å²) in [4.78, 5) is 0. The zero-order valence-electron chi connectivity index (χ0n) is 7.76. The maximum Gasteiger partial charge on any atom is 0.00561 e. The molecule has 0 spiro atoms. The molecule has 0 radical (unpaired) electrons. The minimum Gasteiger partial charge on any atom is -0.103 e. The van der Waals surface area contributed by atoms with Gasteiger partial charge >= 0.3 is 0 Å². The van der Waals surface area contributed by atoms with Gasteiger partial charge in [0.1, 0.15) is 0 Å². The molecule has 0 saturated heterocycles.